The molecule has 3 aromatic heterocycles. The third kappa shape index (κ3) is 3.64. The predicted molar refractivity (Wildman–Crippen MR) is 111 cm³/mol. The highest BCUT2D eigenvalue weighted by atomic mass is 32.1. The third-order valence-corrected chi connectivity index (χ3v) is 7.04. The predicted octanol–water partition coefficient (Wildman–Crippen LogP) is 4.07. The minimum Gasteiger partial charge on any atom is -0.468 e. The fraction of sp³-hybridized carbons (Fsp3) is 0.455. The van der Waals surface area contributed by atoms with Gasteiger partial charge in [0.1, 0.15) is 11.6 Å². The molecule has 28 heavy (non-hydrogen) atoms. The Kier molecular flexibility index (Phi) is 5.01. The van der Waals surface area contributed by atoms with Gasteiger partial charge in [-0.05, 0) is 61.9 Å². The van der Waals surface area contributed by atoms with E-state index in [0.717, 1.165) is 36.9 Å². The normalized spacial score (nSPS) is 26.6. The second-order valence-electron chi connectivity index (χ2n) is 7.95. The van der Waals surface area contributed by atoms with Gasteiger partial charge >= 0.3 is 0 Å². The molecule has 3 aliphatic rings. The summed E-state index contributed by atoms with van der Waals surface area (Å²) in [6.45, 7) is 6.16. The van der Waals surface area contributed by atoms with E-state index in [9.17, 15) is 0 Å². The first-order chi connectivity index (χ1) is 13.8. The molecule has 6 heteroatoms. The van der Waals surface area contributed by atoms with E-state index in [1.165, 1.54) is 30.0 Å². The van der Waals surface area contributed by atoms with Crippen LogP contribution >= 0.6 is 11.3 Å². The van der Waals surface area contributed by atoms with Crippen molar-refractivity contribution in [2.45, 2.75) is 38.3 Å². The van der Waals surface area contributed by atoms with Crippen LogP contribution in [0.25, 0.3) is 10.6 Å². The molecule has 0 aliphatic carbocycles. The van der Waals surface area contributed by atoms with Gasteiger partial charge in [0.15, 0.2) is 0 Å². The third-order valence-electron chi connectivity index (χ3n) is 6.15. The molecular weight excluding hydrogens is 368 g/mol. The Hall–Kier alpha value is -2.02. The van der Waals surface area contributed by atoms with E-state index in [0.29, 0.717) is 17.9 Å². The number of hydrogen-bond donors (Lipinski definition) is 1. The zero-order valence-corrected chi connectivity index (χ0v) is 17.0. The van der Waals surface area contributed by atoms with E-state index in [2.05, 4.69) is 38.8 Å². The zero-order chi connectivity index (χ0) is 18.9. The molecule has 0 spiro atoms. The smallest absolute Gasteiger partial charge is 0.126 e. The van der Waals surface area contributed by atoms with Crippen molar-refractivity contribution in [3.8, 4) is 10.6 Å². The molecule has 0 radical (unpaired) electrons. The average Bonchev–Trinajstić information content (AvgIpc) is 3.42. The Balaban J connectivity index is 1.27. The summed E-state index contributed by atoms with van der Waals surface area (Å²) in [5.74, 6) is 3.13. The molecule has 146 valence electrons. The second kappa shape index (κ2) is 7.78. The van der Waals surface area contributed by atoms with Gasteiger partial charge in [-0.2, -0.15) is 0 Å². The largest absolute Gasteiger partial charge is 0.468 e. The molecule has 3 aliphatic heterocycles. The molecule has 2 bridgehead atoms. The average molecular weight is 395 g/mol. The number of hydrogen-bond acceptors (Lipinski definition) is 6. The van der Waals surface area contributed by atoms with Crippen LogP contribution in [0.2, 0.25) is 0 Å². The number of nitrogens with zero attached hydrogens (tertiary/aromatic N) is 3. The number of rotatable bonds is 6. The van der Waals surface area contributed by atoms with Crippen molar-refractivity contribution >= 4 is 11.3 Å². The van der Waals surface area contributed by atoms with E-state index >= 15 is 0 Å². The maximum absolute atomic E-state index is 5.42. The lowest BCUT2D eigenvalue weighted by molar-refractivity contribution is 0.0290. The fourth-order valence-corrected chi connectivity index (χ4v) is 5.48. The van der Waals surface area contributed by atoms with Crippen molar-refractivity contribution in [2.24, 2.45) is 5.92 Å². The quantitative estimate of drug-likeness (QED) is 0.683. The van der Waals surface area contributed by atoms with Crippen LogP contribution in [0.5, 0.6) is 0 Å². The Labute approximate surface area is 169 Å². The first-order valence-electron chi connectivity index (χ1n) is 10.1. The van der Waals surface area contributed by atoms with Gasteiger partial charge in [0.25, 0.3) is 0 Å². The molecule has 1 N–H and O–H groups in total. The van der Waals surface area contributed by atoms with E-state index < -0.39 is 0 Å². The zero-order valence-electron chi connectivity index (χ0n) is 16.2. The molecule has 3 saturated heterocycles. The minimum atomic E-state index is 0.524. The molecule has 6 heterocycles. The van der Waals surface area contributed by atoms with Gasteiger partial charge in [-0.3, -0.25) is 4.90 Å². The number of aryl methyl sites for hydroxylation is 1. The van der Waals surface area contributed by atoms with Crippen LogP contribution in [0.4, 0.5) is 0 Å². The van der Waals surface area contributed by atoms with Crippen molar-refractivity contribution in [3.05, 3.63) is 59.3 Å². The van der Waals surface area contributed by atoms with E-state index in [4.69, 9.17) is 9.40 Å². The molecule has 3 fully saturated rings. The molecule has 5 nitrogen and oxygen atoms in total. The summed E-state index contributed by atoms with van der Waals surface area (Å²) in [5.41, 5.74) is 2.30. The highest BCUT2D eigenvalue weighted by molar-refractivity contribution is 7.13. The number of thiophene rings is 1. The molecule has 3 aromatic rings. The molecule has 0 aromatic carbocycles. The summed E-state index contributed by atoms with van der Waals surface area (Å²) < 4.78 is 5.42. The lowest BCUT2D eigenvalue weighted by atomic mass is 9.74. The lowest BCUT2D eigenvalue weighted by Gasteiger charge is -2.49. The molecule has 4 atom stereocenters. The van der Waals surface area contributed by atoms with Crippen LogP contribution in [0, 0.1) is 12.8 Å². The lowest BCUT2D eigenvalue weighted by Crippen LogP contribution is -2.55. The van der Waals surface area contributed by atoms with Gasteiger partial charge in [0.05, 0.1) is 23.4 Å². The van der Waals surface area contributed by atoms with Gasteiger partial charge < -0.3 is 9.73 Å². The van der Waals surface area contributed by atoms with Gasteiger partial charge in [0, 0.05) is 30.7 Å². The SMILES string of the molecule is Cc1nc(-c2cccs2)cc([C@@H]2CN3CC[C@H]2C[C@@H]3CNCc2ccco2)n1. The number of fused-ring (bicyclic) bond motifs is 3. The molecule has 0 amide bonds. The summed E-state index contributed by atoms with van der Waals surface area (Å²) in [6.07, 6.45) is 4.26. The monoisotopic (exact) mass is 394 g/mol. The van der Waals surface area contributed by atoms with Gasteiger partial charge in [-0.1, -0.05) is 6.07 Å². The highest BCUT2D eigenvalue weighted by Crippen LogP contribution is 2.41. The van der Waals surface area contributed by atoms with Crippen LogP contribution < -0.4 is 5.32 Å². The number of piperidine rings is 3. The first-order valence-corrected chi connectivity index (χ1v) is 11.0. The maximum Gasteiger partial charge on any atom is 0.126 e. The minimum absolute atomic E-state index is 0.524. The maximum atomic E-state index is 5.42. The van der Waals surface area contributed by atoms with E-state index in [1.807, 2.05) is 19.1 Å². The Morgan fingerprint density at radius 2 is 2.25 bits per heavy atom. The van der Waals surface area contributed by atoms with Gasteiger partial charge in [0.2, 0.25) is 0 Å². The fourth-order valence-electron chi connectivity index (χ4n) is 4.79. The van der Waals surface area contributed by atoms with Crippen LogP contribution in [-0.4, -0.2) is 40.5 Å². The number of aromatic nitrogens is 2. The van der Waals surface area contributed by atoms with Gasteiger partial charge in [-0.25, -0.2) is 9.97 Å². The second-order valence-corrected chi connectivity index (χ2v) is 8.90. The summed E-state index contributed by atoms with van der Waals surface area (Å²) in [6, 6.07) is 11.1. The Morgan fingerprint density at radius 1 is 1.29 bits per heavy atom. The van der Waals surface area contributed by atoms with Crippen LogP contribution in [0.15, 0.2) is 46.4 Å². The number of furan rings is 1. The van der Waals surface area contributed by atoms with Crippen LogP contribution in [0.1, 0.15) is 36.0 Å². The Bertz CT molecular complexity index is 909. The van der Waals surface area contributed by atoms with Crippen molar-refractivity contribution in [3.63, 3.8) is 0 Å². The van der Waals surface area contributed by atoms with Crippen LogP contribution in [-0.2, 0) is 6.54 Å². The van der Waals surface area contributed by atoms with Gasteiger partial charge in [-0.15, -0.1) is 11.3 Å². The standard InChI is InChI=1S/C22H26N4OS/c1-15-24-20(11-21(25-15)22-5-3-9-28-22)19-14-26-7-6-16(19)10-17(26)12-23-13-18-4-2-8-27-18/h2-5,8-9,11,16-17,19,23H,6-7,10,12-14H2,1H3/t16-,17+,19+/m0/s1. The Morgan fingerprint density at radius 3 is 3.00 bits per heavy atom. The number of nitrogens with one attached hydrogen (secondary N) is 1. The van der Waals surface area contributed by atoms with E-state index in [1.54, 1.807) is 17.6 Å². The molecule has 6 rings (SSSR count). The molecule has 1 unspecified atom stereocenters. The first kappa shape index (κ1) is 18.0. The summed E-state index contributed by atoms with van der Waals surface area (Å²) in [4.78, 5) is 13.4. The van der Waals surface area contributed by atoms with Crippen molar-refractivity contribution in [2.75, 3.05) is 19.6 Å². The van der Waals surface area contributed by atoms with Crippen molar-refractivity contribution in [1.82, 2.24) is 20.2 Å². The summed E-state index contributed by atoms with van der Waals surface area (Å²) in [7, 11) is 0. The molecule has 0 saturated carbocycles. The molecular formula is C22H26N4OS. The van der Waals surface area contributed by atoms with Crippen LogP contribution in [0.3, 0.4) is 0 Å². The van der Waals surface area contributed by atoms with Crippen molar-refractivity contribution < 1.29 is 4.42 Å². The van der Waals surface area contributed by atoms with E-state index in [-0.39, 0.29) is 0 Å². The van der Waals surface area contributed by atoms with Crippen molar-refractivity contribution in [1.29, 1.82) is 0 Å². The topological polar surface area (TPSA) is 54.2 Å². The summed E-state index contributed by atoms with van der Waals surface area (Å²) in [5, 5.41) is 5.69. The highest BCUT2D eigenvalue weighted by Gasteiger charge is 2.41. The summed E-state index contributed by atoms with van der Waals surface area (Å²) >= 11 is 1.75.